The molecule has 0 saturated carbocycles. The molecule has 198 valence electrons. The van der Waals surface area contributed by atoms with E-state index in [2.05, 4.69) is 21.1 Å². The molecule has 0 heterocycles. The number of phenols is 2. The van der Waals surface area contributed by atoms with E-state index in [1.165, 1.54) is 36.7 Å². The van der Waals surface area contributed by atoms with Crippen molar-refractivity contribution in [2.24, 2.45) is 10.2 Å². The number of hydrogen-bond donors (Lipinski definition) is 4. The zero-order valence-corrected chi connectivity index (χ0v) is 21.5. The van der Waals surface area contributed by atoms with E-state index < -0.39 is 11.8 Å². The third-order valence-electron chi connectivity index (χ3n) is 4.96. The van der Waals surface area contributed by atoms with Crippen LogP contribution in [-0.2, 0) is 17.1 Å². The fraction of sp³-hybridized carbons (Fsp3) is 0. The van der Waals surface area contributed by atoms with Crippen LogP contribution in [0.15, 0.2) is 107 Å². The van der Waals surface area contributed by atoms with Crippen LogP contribution in [0.2, 0.25) is 0 Å². The summed E-state index contributed by atoms with van der Waals surface area (Å²) in [5.41, 5.74) is 6.10. The monoisotopic (exact) mass is 570 g/mol. The van der Waals surface area contributed by atoms with E-state index in [0.29, 0.717) is 22.6 Å². The summed E-state index contributed by atoms with van der Waals surface area (Å²) in [5.74, 6) is -0.563. The van der Waals surface area contributed by atoms with Crippen molar-refractivity contribution in [1.82, 2.24) is 10.9 Å². The van der Waals surface area contributed by atoms with Gasteiger partial charge in [-0.15, -0.1) is 0 Å². The van der Waals surface area contributed by atoms with E-state index in [-0.39, 0.29) is 39.7 Å². The second-order valence-electron chi connectivity index (χ2n) is 7.61. The molecule has 0 bridgehead atoms. The summed E-state index contributed by atoms with van der Waals surface area (Å²) in [4.78, 5) is 23.4. The molecule has 0 radical (unpaired) electrons. The van der Waals surface area contributed by atoms with Gasteiger partial charge in [-0.25, -0.2) is 10.9 Å². The molecule has 0 unspecified atom stereocenters. The Labute approximate surface area is 234 Å². The van der Waals surface area contributed by atoms with Crippen molar-refractivity contribution in [1.29, 1.82) is 0 Å². The fourth-order valence-electron chi connectivity index (χ4n) is 2.99. The summed E-state index contributed by atoms with van der Waals surface area (Å²) in [6, 6.07) is 26.2. The number of hydrogen-bond acceptors (Lipinski definition) is 6. The molecule has 0 aromatic heterocycles. The molecular formula is C28H26FeN4O6+4. The number of carbonyl (C=O) groups excluding carboxylic acids is 2. The maximum absolute atomic E-state index is 11.7. The maximum Gasteiger partial charge on any atom is 2.00 e. The van der Waals surface area contributed by atoms with E-state index in [0.717, 1.165) is 0 Å². The van der Waals surface area contributed by atoms with Gasteiger partial charge in [0.05, 0.1) is 34.7 Å². The maximum atomic E-state index is 11.7. The molecule has 39 heavy (non-hydrogen) atoms. The number of hydrazone groups is 2. The summed E-state index contributed by atoms with van der Waals surface area (Å²) < 4.78 is 0. The van der Waals surface area contributed by atoms with Crippen molar-refractivity contribution in [3.05, 3.63) is 119 Å². The van der Waals surface area contributed by atoms with Crippen LogP contribution in [0.4, 0.5) is 0 Å². The van der Waals surface area contributed by atoms with Gasteiger partial charge in [-0.2, -0.15) is 10.2 Å². The number of nitrogens with one attached hydrogen (secondary N) is 2. The quantitative estimate of drug-likeness (QED) is 0.121. The van der Waals surface area contributed by atoms with Gasteiger partial charge in [-0.3, -0.25) is 9.59 Å². The van der Waals surface area contributed by atoms with Crippen molar-refractivity contribution in [2.75, 3.05) is 0 Å². The Morgan fingerprint density at radius 1 is 0.590 bits per heavy atom. The number of nitrogens with zero attached hydrogens (tertiary/aromatic N) is 2. The first-order valence-corrected chi connectivity index (χ1v) is 11.2. The molecule has 4 rings (SSSR count). The minimum atomic E-state index is -0.503. The predicted octanol–water partition coefficient (Wildman–Crippen LogP) is 3.19. The van der Waals surface area contributed by atoms with Gasteiger partial charge in [0.15, 0.2) is 0 Å². The summed E-state index contributed by atoms with van der Waals surface area (Å²) in [6.45, 7) is 0. The molecule has 0 aliphatic rings. The second kappa shape index (κ2) is 15.2. The third-order valence-corrected chi connectivity index (χ3v) is 4.96. The number of aromatic hydroxyl groups is 2. The van der Waals surface area contributed by atoms with E-state index in [1.54, 1.807) is 72.8 Å². The molecule has 4 aromatic rings. The average Bonchev–Trinajstić information content (AvgIpc) is 2.91. The second-order valence-corrected chi connectivity index (χ2v) is 7.61. The number of para-hydroxylation sites is 4. The van der Waals surface area contributed by atoms with E-state index >= 15 is 0 Å². The Kier molecular flexibility index (Phi) is 11.7. The molecule has 8 N–H and O–H groups in total. The van der Waals surface area contributed by atoms with Crippen LogP contribution in [0, 0.1) is 0 Å². The van der Waals surface area contributed by atoms with Gasteiger partial charge in [0.25, 0.3) is 23.3 Å². The molecule has 0 atom stereocenters. The first-order valence-electron chi connectivity index (χ1n) is 11.2. The number of phenolic OH excluding ortho intramolecular Hbond substituents is 2. The fourth-order valence-corrected chi connectivity index (χ4v) is 2.99. The topological polar surface area (TPSA) is 169 Å². The van der Waals surface area contributed by atoms with Crippen LogP contribution in [0.5, 0.6) is 23.0 Å². The standard InChI is InChI=1S/2C14H12N2O3.Fe/c2*17-12-7-3-1-5-10(12)9-15-16-14(19)11-6-2-4-8-13(11)18;/h2*1-9,17-18H,(H,16,19);/q;;+2/p+2. The molecule has 0 aliphatic carbocycles. The van der Waals surface area contributed by atoms with Gasteiger partial charge >= 0.3 is 17.1 Å². The van der Waals surface area contributed by atoms with Crippen LogP contribution in [0.3, 0.4) is 0 Å². The van der Waals surface area contributed by atoms with Crippen LogP contribution in [0.1, 0.15) is 31.8 Å². The summed E-state index contributed by atoms with van der Waals surface area (Å²) in [6.07, 6.45) is 2.78. The minimum Gasteiger partial charge on any atom is -0.593 e. The van der Waals surface area contributed by atoms with E-state index in [4.69, 9.17) is 10.2 Å². The van der Waals surface area contributed by atoms with Gasteiger partial charge in [0.1, 0.15) is 11.5 Å². The van der Waals surface area contributed by atoms with E-state index in [1.807, 2.05) is 0 Å². The molecule has 0 aliphatic heterocycles. The summed E-state index contributed by atoms with van der Waals surface area (Å²) in [7, 11) is 0. The van der Waals surface area contributed by atoms with Crippen LogP contribution >= 0.6 is 0 Å². The SMILES string of the molecule is O=C(NN=Cc1ccccc1[OH2+])c1ccccc1O.O=C(NN=Cc1ccccc1[OH2+])c1ccccc1O.[Fe+2]. The van der Waals surface area contributed by atoms with Crippen molar-refractivity contribution in [3.8, 4) is 23.0 Å². The number of carbonyl (C=O) groups is 2. The van der Waals surface area contributed by atoms with Gasteiger partial charge in [0.2, 0.25) is 0 Å². The zero-order valence-electron chi connectivity index (χ0n) is 20.4. The summed E-state index contributed by atoms with van der Waals surface area (Å²) in [5, 5.41) is 41.7. The largest absolute Gasteiger partial charge is 2.00 e. The number of rotatable bonds is 6. The summed E-state index contributed by atoms with van der Waals surface area (Å²) >= 11 is 0. The van der Waals surface area contributed by atoms with Crippen LogP contribution in [-0.4, -0.2) is 44.7 Å². The van der Waals surface area contributed by atoms with Gasteiger partial charge in [0, 0.05) is 12.1 Å². The zero-order chi connectivity index (χ0) is 27.3. The molecule has 4 aromatic carbocycles. The molecule has 10 nitrogen and oxygen atoms in total. The number of benzene rings is 4. The van der Waals surface area contributed by atoms with Gasteiger partial charge in [-0.1, -0.05) is 48.5 Å². The predicted molar refractivity (Wildman–Crippen MR) is 145 cm³/mol. The molecule has 0 saturated heterocycles. The Bertz CT molecular complexity index is 1360. The van der Waals surface area contributed by atoms with Crippen molar-refractivity contribution in [3.63, 3.8) is 0 Å². The van der Waals surface area contributed by atoms with Gasteiger partial charge < -0.3 is 20.4 Å². The first-order chi connectivity index (χ1) is 18.4. The smallest absolute Gasteiger partial charge is 0.593 e. The average molecular weight is 570 g/mol. The van der Waals surface area contributed by atoms with Crippen molar-refractivity contribution >= 4 is 24.2 Å². The van der Waals surface area contributed by atoms with E-state index in [9.17, 15) is 19.8 Å². The molecule has 0 fully saturated rings. The Hall–Kier alpha value is -5.12. The Balaban J connectivity index is 0.000000267. The molecule has 0 spiro atoms. The molecular weight excluding hydrogens is 544 g/mol. The first kappa shape index (κ1) is 30.1. The van der Waals surface area contributed by atoms with Crippen LogP contribution < -0.4 is 10.9 Å². The van der Waals surface area contributed by atoms with Crippen molar-refractivity contribution < 1.29 is 47.1 Å². The Morgan fingerprint density at radius 3 is 1.28 bits per heavy atom. The minimum absolute atomic E-state index is 0. The molecule has 2 amide bonds. The normalized spacial score (nSPS) is 10.3. The molecule has 11 heteroatoms. The third kappa shape index (κ3) is 9.04. The number of amides is 2. The van der Waals surface area contributed by atoms with Gasteiger partial charge in [-0.05, 0) is 36.4 Å². The Morgan fingerprint density at radius 2 is 0.923 bits per heavy atom. The van der Waals surface area contributed by atoms with Crippen molar-refractivity contribution in [2.45, 2.75) is 0 Å². The van der Waals surface area contributed by atoms with Crippen LogP contribution in [0.25, 0.3) is 0 Å².